The van der Waals surface area contributed by atoms with E-state index in [0.717, 1.165) is 24.0 Å². The molecule has 0 radical (unpaired) electrons. The number of guanidine groups is 1. The molecule has 1 unspecified atom stereocenters. The number of carbonyl (C=O) groups is 1. The van der Waals surface area contributed by atoms with Crippen LogP contribution in [0.4, 0.5) is 8.78 Å². The Morgan fingerprint density at radius 2 is 1.83 bits per heavy atom. The number of benzene rings is 2. The minimum atomic E-state index is -0.461. The van der Waals surface area contributed by atoms with Crippen LogP contribution in [0.1, 0.15) is 24.0 Å². The largest absolute Gasteiger partial charge is 0.369 e. The fraction of sp³-hybridized carbons (Fsp3) is 0.364. The quantitative estimate of drug-likeness (QED) is 0.280. The fourth-order valence-corrected chi connectivity index (χ4v) is 3.41. The van der Waals surface area contributed by atoms with E-state index in [2.05, 4.69) is 15.6 Å². The molecule has 30 heavy (non-hydrogen) atoms. The molecule has 0 aromatic heterocycles. The lowest BCUT2D eigenvalue weighted by molar-refractivity contribution is -0.121. The van der Waals surface area contributed by atoms with E-state index in [1.165, 1.54) is 18.2 Å². The Labute approximate surface area is 192 Å². The number of primary amides is 1. The highest BCUT2D eigenvalue weighted by molar-refractivity contribution is 14.0. The number of nitrogens with one attached hydrogen (secondary N) is 2. The normalized spacial score (nSPS) is 15.6. The summed E-state index contributed by atoms with van der Waals surface area (Å²) < 4.78 is 26.6. The van der Waals surface area contributed by atoms with Gasteiger partial charge in [-0.25, -0.2) is 8.78 Å². The van der Waals surface area contributed by atoms with E-state index in [-0.39, 0.29) is 41.0 Å². The van der Waals surface area contributed by atoms with Crippen LogP contribution in [0, 0.1) is 17.6 Å². The maximum Gasteiger partial charge on any atom is 0.222 e. The van der Waals surface area contributed by atoms with Crippen LogP contribution in [0.15, 0.2) is 53.5 Å². The molecule has 1 aliphatic rings. The number of nitrogens with zero attached hydrogens (tertiary/aromatic N) is 1. The average molecular weight is 528 g/mol. The second-order valence-electron chi connectivity index (χ2n) is 7.53. The summed E-state index contributed by atoms with van der Waals surface area (Å²) in [4.78, 5) is 16.0. The van der Waals surface area contributed by atoms with Gasteiger partial charge in [-0.05, 0) is 54.7 Å². The predicted molar refractivity (Wildman–Crippen MR) is 125 cm³/mol. The van der Waals surface area contributed by atoms with Crippen LogP contribution in [0.5, 0.6) is 0 Å². The van der Waals surface area contributed by atoms with Crippen molar-refractivity contribution < 1.29 is 13.6 Å². The van der Waals surface area contributed by atoms with Crippen molar-refractivity contribution in [1.82, 2.24) is 10.6 Å². The van der Waals surface area contributed by atoms with Crippen molar-refractivity contribution in [2.45, 2.75) is 24.7 Å². The van der Waals surface area contributed by atoms with Crippen molar-refractivity contribution in [2.24, 2.45) is 16.6 Å². The van der Waals surface area contributed by atoms with Crippen LogP contribution in [0.3, 0.4) is 0 Å². The molecule has 0 bridgehead atoms. The van der Waals surface area contributed by atoms with Gasteiger partial charge in [0.1, 0.15) is 11.6 Å². The van der Waals surface area contributed by atoms with E-state index in [0.29, 0.717) is 25.5 Å². The minimum Gasteiger partial charge on any atom is -0.369 e. The van der Waals surface area contributed by atoms with Gasteiger partial charge in [-0.2, -0.15) is 0 Å². The van der Waals surface area contributed by atoms with Crippen molar-refractivity contribution in [1.29, 1.82) is 0 Å². The number of aliphatic imine (C=N–C) groups is 1. The Balaban J connectivity index is 0.00000320. The molecule has 4 N–H and O–H groups in total. The van der Waals surface area contributed by atoms with E-state index in [9.17, 15) is 13.6 Å². The minimum absolute atomic E-state index is 0. The maximum atomic E-state index is 13.6. The molecule has 0 spiro atoms. The summed E-state index contributed by atoms with van der Waals surface area (Å²) in [6, 6.07) is 12.7. The first kappa shape index (κ1) is 24.0. The van der Waals surface area contributed by atoms with E-state index in [4.69, 9.17) is 5.73 Å². The zero-order valence-corrected chi connectivity index (χ0v) is 19.2. The number of rotatable bonds is 8. The van der Waals surface area contributed by atoms with Gasteiger partial charge in [0, 0.05) is 25.6 Å². The molecule has 1 saturated carbocycles. The van der Waals surface area contributed by atoms with Gasteiger partial charge in [0.2, 0.25) is 5.91 Å². The first-order valence-corrected chi connectivity index (χ1v) is 9.66. The topological polar surface area (TPSA) is 79.5 Å². The average Bonchev–Trinajstić information content (AvgIpc) is 3.49. The summed E-state index contributed by atoms with van der Waals surface area (Å²) in [7, 11) is 1.65. The number of hydrogen-bond acceptors (Lipinski definition) is 2. The van der Waals surface area contributed by atoms with Crippen LogP contribution >= 0.6 is 24.0 Å². The molecule has 5 nitrogen and oxygen atoms in total. The van der Waals surface area contributed by atoms with Gasteiger partial charge in [0.25, 0.3) is 0 Å². The van der Waals surface area contributed by atoms with Gasteiger partial charge in [-0.15, -0.1) is 24.0 Å². The van der Waals surface area contributed by atoms with Gasteiger partial charge in [-0.3, -0.25) is 9.79 Å². The lowest BCUT2D eigenvalue weighted by atomic mass is 9.96. The van der Waals surface area contributed by atoms with Gasteiger partial charge < -0.3 is 16.4 Å². The zero-order chi connectivity index (χ0) is 20.9. The lowest BCUT2D eigenvalue weighted by Crippen LogP contribution is -2.45. The van der Waals surface area contributed by atoms with Crippen molar-refractivity contribution in [3.05, 3.63) is 71.3 Å². The molecular formula is C22H27F2IN4O. The molecule has 1 fully saturated rings. The van der Waals surface area contributed by atoms with E-state index in [1.54, 1.807) is 31.3 Å². The molecule has 1 aliphatic carbocycles. The predicted octanol–water partition coefficient (Wildman–Crippen LogP) is 3.12. The Morgan fingerprint density at radius 3 is 2.40 bits per heavy atom. The molecule has 0 saturated heterocycles. The molecule has 2 aromatic carbocycles. The fourth-order valence-electron chi connectivity index (χ4n) is 3.41. The highest BCUT2D eigenvalue weighted by atomic mass is 127. The van der Waals surface area contributed by atoms with Gasteiger partial charge in [0.05, 0.1) is 5.92 Å². The zero-order valence-electron chi connectivity index (χ0n) is 16.8. The molecule has 8 heteroatoms. The molecule has 1 atom stereocenters. The smallest absolute Gasteiger partial charge is 0.222 e. The summed E-state index contributed by atoms with van der Waals surface area (Å²) in [5.74, 6) is -0.897. The summed E-state index contributed by atoms with van der Waals surface area (Å²) in [5.41, 5.74) is 7.26. The third-order valence-electron chi connectivity index (χ3n) is 5.42. The monoisotopic (exact) mass is 528 g/mol. The Bertz CT molecular complexity index is 885. The number of hydrogen-bond donors (Lipinski definition) is 3. The standard InChI is InChI=1S/C22H26F2N4O.HI/c1-26-21(28-14-22(9-10-22)17-3-2-4-19(24)12-17)27-13-16(20(25)29)11-15-5-7-18(23)8-6-15;/h2-8,12,16H,9-11,13-14H2,1H3,(H2,25,29)(H2,26,27,28);1H. The van der Waals surface area contributed by atoms with Gasteiger partial charge in [0.15, 0.2) is 5.96 Å². The van der Waals surface area contributed by atoms with Crippen molar-refractivity contribution in [3.63, 3.8) is 0 Å². The Kier molecular flexibility index (Phi) is 8.57. The van der Waals surface area contributed by atoms with Crippen LogP contribution in [-0.2, 0) is 16.6 Å². The maximum absolute atomic E-state index is 13.6. The van der Waals surface area contributed by atoms with Crippen LogP contribution in [0.25, 0.3) is 0 Å². The molecule has 0 heterocycles. The molecule has 2 aromatic rings. The second-order valence-corrected chi connectivity index (χ2v) is 7.53. The van der Waals surface area contributed by atoms with Crippen LogP contribution in [0.2, 0.25) is 0 Å². The SMILES string of the molecule is CN=C(NCC(Cc1ccc(F)cc1)C(N)=O)NCC1(c2cccc(F)c2)CC1.I. The lowest BCUT2D eigenvalue weighted by Gasteiger charge is -2.21. The number of nitrogens with two attached hydrogens (primary N) is 1. The third-order valence-corrected chi connectivity index (χ3v) is 5.42. The number of amides is 1. The molecule has 162 valence electrons. The summed E-state index contributed by atoms with van der Waals surface area (Å²) in [5, 5.41) is 6.41. The molecule has 0 aliphatic heterocycles. The van der Waals surface area contributed by atoms with Gasteiger partial charge >= 0.3 is 0 Å². The Hall–Kier alpha value is -2.23. The van der Waals surface area contributed by atoms with E-state index in [1.807, 2.05) is 6.07 Å². The first-order valence-electron chi connectivity index (χ1n) is 9.66. The highest BCUT2D eigenvalue weighted by Gasteiger charge is 2.44. The van der Waals surface area contributed by atoms with Gasteiger partial charge in [-0.1, -0.05) is 24.3 Å². The van der Waals surface area contributed by atoms with Crippen molar-refractivity contribution >= 4 is 35.8 Å². The molecule has 1 amide bonds. The van der Waals surface area contributed by atoms with E-state index < -0.39 is 11.8 Å². The van der Waals surface area contributed by atoms with Crippen molar-refractivity contribution in [3.8, 4) is 0 Å². The number of carbonyl (C=O) groups excluding carboxylic acids is 1. The third kappa shape index (κ3) is 6.38. The summed E-state index contributed by atoms with van der Waals surface area (Å²) in [6.07, 6.45) is 2.37. The molecule has 3 rings (SSSR count). The second kappa shape index (κ2) is 10.7. The first-order chi connectivity index (χ1) is 13.9. The number of halogens is 3. The highest BCUT2D eigenvalue weighted by Crippen LogP contribution is 2.47. The molecular weight excluding hydrogens is 501 g/mol. The van der Waals surface area contributed by atoms with E-state index >= 15 is 0 Å². The van der Waals surface area contributed by atoms with Crippen LogP contribution < -0.4 is 16.4 Å². The summed E-state index contributed by atoms with van der Waals surface area (Å²) in [6.45, 7) is 0.925. The van der Waals surface area contributed by atoms with Crippen LogP contribution in [-0.4, -0.2) is 32.0 Å². The Morgan fingerprint density at radius 1 is 1.13 bits per heavy atom. The summed E-state index contributed by atoms with van der Waals surface area (Å²) >= 11 is 0. The van der Waals surface area contributed by atoms with Crippen molar-refractivity contribution in [2.75, 3.05) is 20.1 Å².